The Bertz CT molecular complexity index is 916. The number of nitrogens with zero attached hydrogens (tertiary/aromatic N) is 2. The zero-order chi connectivity index (χ0) is 23.8. The number of para-hydroxylation sites is 1. The summed E-state index contributed by atoms with van der Waals surface area (Å²) in [5.41, 5.74) is 2.19. The van der Waals surface area contributed by atoms with E-state index in [1.165, 1.54) is 12.0 Å². The van der Waals surface area contributed by atoms with Crippen molar-refractivity contribution in [1.82, 2.24) is 9.80 Å². The van der Waals surface area contributed by atoms with Gasteiger partial charge in [-0.05, 0) is 87.4 Å². The Morgan fingerprint density at radius 2 is 1.59 bits per heavy atom. The zero-order valence-electron chi connectivity index (χ0n) is 20.2. The van der Waals surface area contributed by atoms with Crippen LogP contribution in [0.4, 0.5) is 5.69 Å². The zero-order valence-corrected chi connectivity index (χ0v) is 20.2. The van der Waals surface area contributed by atoms with Crippen molar-refractivity contribution in [2.75, 3.05) is 45.2 Å². The largest absolute Gasteiger partial charge is 0.497 e. The summed E-state index contributed by atoms with van der Waals surface area (Å²) in [6, 6.07) is 17.9. The monoisotopic (exact) mass is 463 g/mol. The molecule has 4 rings (SSSR count). The van der Waals surface area contributed by atoms with Crippen LogP contribution in [-0.4, -0.2) is 61.4 Å². The maximum Gasteiger partial charge on any atom is 0.236 e. The van der Waals surface area contributed by atoms with E-state index < -0.39 is 0 Å². The molecular weight excluding hydrogens is 426 g/mol. The van der Waals surface area contributed by atoms with E-state index in [0.717, 1.165) is 62.5 Å². The number of piperidine rings is 2. The fraction of sp³-hybridized carbons (Fsp3) is 0.500. The minimum atomic E-state index is -0.0225. The van der Waals surface area contributed by atoms with Crippen LogP contribution >= 0.6 is 0 Å². The summed E-state index contributed by atoms with van der Waals surface area (Å²) < 4.78 is 5.23. The lowest BCUT2D eigenvalue weighted by Gasteiger charge is -2.35. The topological polar surface area (TPSA) is 61.9 Å². The van der Waals surface area contributed by atoms with Gasteiger partial charge in [0.2, 0.25) is 11.8 Å². The van der Waals surface area contributed by atoms with Gasteiger partial charge in [-0.2, -0.15) is 0 Å². The molecule has 0 saturated carbocycles. The van der Waals surface area contributed by atoms with Gasteiger partial charge in [-0.25, -0.2) is 0 Å². The standard InChI is InChI=1S/C28H37N3O3/c1-34-26-11-9-22(10-12-26)7-8-23-13-17-30(18-14-23)21-27(32)31-19-15-24(16-20-31)28(33)29-25-5-3-2-4-6-25/h2-6,9-12,23-24H,7-8,13-21H2,1H3,(H,29,33). The van der Waals surface area contributed by atoms with Crippen LogP contribution in [0.1, 0.15) is 37.7 Å². The Kier molecular flexibility index (Phi) is 8.58. The van der Waals surface area contributed by atoms with E-state index in [-0.39, 0.29) is 17.7 Å². The molecule has 2 aromatic carbocycles. The minimum absolute atomic E-state index is 0.0225. The maximum absolute atomic E-state index is 12.9. The number of carbonyl (C=O) groups is 2. The fourth-order valence-electron chi connectivity index (χ4n) is 5.04. The molecule has 0 spiro atoms. The molecule has 2 saturated heterocycles. The molecule has 6 heteroatoms. The van der Waals surface area contributed by atoms with E-state index in [2.05, 4.69) is 22.3 Å². The first kappa shape index (κ1) is 24.3. The van der Waals surface area contributed by atoms with Crippen molar-refractivity contribution in [3.8, 4) is 5.75 Å². The second kappa shape index (κ2) is 12.0. The van der Waals surface area contributed by atoms with Crippen molar-refractivity contribution < 1.29 is 14.3 Å². The van der Waals surface area contributed by atoms with Gasteiger partial charge in [0, 0.05) is 24.7 Å². The van der Waals surface area contributed by atoms with Crippen molar-refractivity contribution in [1.29, 1.82) is 0 Å². The molecule has 0 atom stereocenters. The van der Waals surface area contributed by atoms with Crippen LogP contribution in [0.2, 0.25) is 0 Å². The Morgan fingerprint density at radius 1 is 0.912 bits per heavy atom. The average Bonchev–Trinajstić information content (AvgIpc) is 2.89. The van der Waals surface area contributed by atoms with Crippen molar-refractivity contribution >= 4 is 17.5 Å². The number of methoxy groups -OCH3 is 1. The van der Waals surface area contributed by atoms with Gasteiger partial charge in [0.15, 0.2) is 0 Å². The highest BCUT2D eigenvalue weighted by Crippen LogP contribution is 2.24. The molecule has 2 amide bonds. The van der Waals surface area contributed by atoms with Crippen molar-refractivity contribution in [3.05, 3.63) is 60.2 Å². The third-order valence-corrected chi connectivity index (χ3v) is 7.33. The Hall–Kier alpha value is -2.86. The number of anilines is 1. The summed E-state index contributed by atoms with van der Waals surface area (Å²) >= 11 is 0. The van der Waals surface area contributed by atoms with Gasteiger partial charge < -0.3 is 15.0 Å². The molecule has 2 fully saturated rings. The number of carbonyl (C=O) groups excluding carboxylic acids is 2. The van der Waals surface area contributed by atoms with Crippen LogP contribution in [-0.2, 0) is 16.0 Å². The minimum Gasteiger partial charge on any atom is -0.497 e. The van der Waals surface area contributed by atoms with Gasteiger partial charge in [0.1, 0.15) is 5.75 Å². The first-order valence-electron chi connectivity index (χ1n) is 12.6. The molecular formula is C28H37N3O3. The number of rotatable bonds is 8. The average molecular weight is 464 g/mol. The molecule has 2 heterocycles. The molecule has 2 aliphatic heterocycles. The highest BCUT2D eigenvalue weighted by atomic mass is 16.5. The molecule has 0 radical (unpaired) electrons. The van der Waals surface area contributed by atoms with E-state index >= 15 is 0 Å². The van der Waals surface area contributed by atoms with Gasteiger partial charge in [-0.15, -0.1) is 0 Å². The molecule has 34 heavy (non-hydrogen) atoms. The normalized spacial score (nSPS) is 18.0. The SMILES string of the molecule is COc1ccc(CCC2CCN(CC(=O)N3CCC(C(=O)Nc4ccccc4)CC3)CC2)cc1. The molecule has 1 N–H and O–H groups in total. The second-order valence-electron chi connectivity index (χ2n) is 9.62. The quantitative estimate of drug-likeness (QED) is 0.637. The summed E-state index contributed by atoms with van der Waals surface area (Å²) in [5.74, 6) is 1.88. The molecule has 0 aliphatic carbocycles. The summed E-state index contributed by atoms with van der Waals surface area (Å²) in [7, 11) is 1.70. The smallest absolute Gasteiger partial charge is 0.236 e. The maximum atomic E-state index is 12.9. The van der Waals surface area contributed by atoms with E-state index in [4.69, 9.17) is 4.74 Å². The third-order valence-electron chi connectivity index (χ3n) is 7.33. The molecule has 6 nitrogen and oxygen atoms in total. The number of nitrogens with one attached hydrogen (secondary N) is 1. The lowest BCUT2D eigenvalue weighted by atomic mass is 9.90. The Labute approximate surface area is 203 Å². The number of benzene rings is 2. The number of ether oxygens (including phenoxy) is 1. The van der Waals surface area contributed by atoms with Crippen LogP contribution in [0.25, 0.3) is 0 Å². The van der Waals surface area contributed by atoms with Gasteiger partial charge in [-0.3, -0.25) is 14.5 Å². The number of likely N-dealkylation sites (tertiary alicyclic amines) is 2. The lowest BCUT2D eigenvalue weighted by molar-refractivity contribution is -0.135. The van der Waals surface area contributed by atoms with E-state index in [1.807, 2.05) is 47.4 Å². The first-order chi connectivity index (χ1) is 16.6. The van der Waals surface area contributed by atoms with Crippen LogP contribution in [0.15, 0.2) is 54.6 Å². The van der Waals surface area contributed by atoms with E-state index in [0.29, 0.717) is 19.6 Å². The van der Waals surface area contributed by atoms with Crippen molar-refractivity contribution in [3.63, 3.8) is 0 Å². The second-order valence-corrected chi connectivity index (χ2v) is 9.62. The first-order valence-corrected chi connectivity index (χ1v) is 12.6. The number of aryl methyl sites for hydroxylation is 1. The van der Waals surface area contributed by atoms with Gasteiger partial charge in [0.05, 0.1) is 13.7 Å². The van der Waals surface area contributed by atoms with Gasteiger partial charge in [-0.1, -0.05) is 30.3 Å². The fourth-order valence-corrected chi connectivity index (χ4v) is 5.04. The highest BCUT2D eigenvalue weighted by Gasteiger charge is 2.29. The summed E-state index contributed by atoms with van der Waals surface area (Å²) in [4.78, 5) is 29.6. The lowest BCUT2D eigenvalue weighted by Crippen LogP contribution is -2.47. The number of hydrogen-bond acceptors (Lipinski definition) is 4. The van der Waals surface area contributed by atoms with Crippen LogP contribution in [0.3, 0.4) is 0 Å². The molecule has 182 valence electrons. The Balaban J connectivity index is 1.13. The highest BCUT2D eigenvalue weighted by molar-refractivity contribution is 5.92. The summed E-state index contributed by atoms with van der Waals surface area (Å²) in [6.07, 6.45) is 6.08. The van der Waals surface area contributed by atoms with E-state index in [9.17, 15) is 9.59 Å². The third kappa shape index (κ3) is 6.83. The van der Waals surface area contributed by atoms with Gasteiger partial charge >= 0.3 is 0 Å². The summed E-state index contributed by atoms with van der Waals surface area (Å²) in [5, 5.41) is 3.00. The molecule has 0 unspecified atom stereocenters. The predicted molar refractivity (Wildman–Crippen MR) is 135 cm³/mol. The molecule has 0 bridgehead atoms. The Morgan fingerprint density at radius 3 is 2.24 bits per heavy atom. The van der Waals surface area contributed by atoms with Gasteiger partial charge in [0.25, 0.3) is 0 Å². The molecule has 0 aromatic heterocycles. The molecule has 2 aliphatic rings. The number of amides is 2. The van der Waals surface area contributed by atoms with Crippen molar-refractivity contribution in [2.24, 2.45) is 11.8 Å². The predicted octanol–water partition coefficient (Wildman–Crippen LogP) is 4.22. The van der Waals surface area contributed by atoms with Crippen LogP contribution < -0.4 is 10.1 Å². The van der Waals surface area contributed by atoms with Crippen molar-refractivity contribution in [2.45, 2.75) is 38.5 Å². The van der Waals surface area contributed by atoms with Crippen LogP contribution in [0.5, 0.6) is 5.75 Å². The number of hydrogen-bond donors (Lipinski definition) is 1. The summed E-state index contributed by atoms with van der Waals surface area (Å²) in [6.45, 7) is 3.84. The van der Waals surface area contributed by atoms with Crippen LogP contribution in [0, 0.1) is 11.8 Å². The molecule has 2 aromatic rings. The van der Waals surface area contributed by atoms with E-state index in [1.54, 1.807) is 7.11 Å².